The van der Waals surface area contributed by atoms with Crippen molar-refractivity contribution in [2.24, 2.45) is 7.05 Å². The van der Waals surface area contributed by atoms with E-state index in [9.17, 15) is 0 Å². The molecule has 2 rings (SSSR count). The topological polar surface area (TPSA) is 59.7 Å². The molecular weight excluding hydrogens is 216 g/mol. The van der Waals surface area contributed by atoms with E-state index in [1.165, 1.54) is 0 Å². The van der Waals surface area contributed by atoms with Crippen LogP contribution in [0.1, 0.15) is 17.2 Å². The van der Waals surface area contributed by atoms with Gasteiger partial charge < -0.3 is 9.47 Å². The molecule has 0 radical (unpaired) electrons. The summed E-state index contributed by atoms with van der Waals surface area (Å²) in [5, 5.41) is 7.92. The number of anilines is 1. The summed E-state index contributed by atoms with van der Waals surface area (Å²) in [7, 11) is 3.91. The fraction of sp³-hybridized carbons (Fsp3) is 0.455. The van der Waals surface area contributed by atoms with Crippen LogP contribution in [-0.2, 0) is 13.6 Å². The Bertz CT molecular complexity index is 518. The summed E-state index contributed by atoms with van der Waals surface area (Å²) in [6, 6.07) is 0. The van der Waals surface area contributed by atoms with Gasteiger partial charge in [-0.1, -0.05) is 0 Å². The van der Waals surface area contributed by atoms with Gasteiger partial charge in [0.25, 0.3) is 0 Å². The maximum Gasteiger partial charge on any atom is 0.152 e. The highest BCUT2D eigenvalue weighted by molar-refractivity contribution is 5.42. The Kier molecular flexibility index (Phi) is 3.03. The van der Waals surface area contributed by atoms with Gasteiger partial charge in [-0.2, -0.15) is 0 Å². The Morgan fingerprint density at radius 3 is 2.76 bits per heavy atom. The van der Waals surface area contributed by atoms with Gasteiger partial charge in [-0.25, -0.2) is 4.98 Å². The van der Waals surface area contributed by atoms with Crippen molar-refractivity contribution in [3.05, 3.63) is 29.7 Å². The molecule has 2 aromatic rings. The maximum absolute atomic E-state index is 4.49. The van der Waals surface area contributed by atoms with E-state index < -0.39 is 0 Å². The Morgan fingerprint density at radius 2 is 2.12 bits per heavy atom. The summed E-state index contributed by atoms with van der Waals surface area (Å²) in [4.78, 5) is 10.8. The predicted octanol–water partition coefficient (Wildman–Crippen LogP) is 0.858. The van der Waals surface area contributed by atoms with Gasteiger partial charge in [0, 0.05) is 20.3 Å². The molecule has 6 nitrogen and oxygen atoms in total. The zero-order chi connectivity index (χ0) is 12.4. The summed E-state index contributed by atoms with van der Waals surface area (Å²) in [6.45, 7) is 4.55. The van der Waals surface area contributed by atoms with Crippen LogP contribution in [-0.4, -0.2) is 31.8 Å². The van der Waals surface area contributed by atoms with E-state index in [2.05, 4.69) is 20.2 Å². The number of nitrogens with zero attached hydrogens (tertiary/aromatic N) is 6. The van der Waals surface area contributed by atoms with Gasteiger partial charge in [-0.3, -0.25) is 4.98 Å². The zero-order valence-electron chi connectivity index (χ0n) is 10.5. The molecule has 2 heterocycles. The Hall–Kier alpha value is -1.98. The minimum atomic E-state index is 0.662. The van der Waals surface area contributed by atoms with Gasteiger partial charge in [0.05, 0.1) is 17.9 Å². The minimum absolute atomic E-state index is 0.662. The average Bonchev–Trinajstić information content (AvgIpc) is 2.68. The molecule has 0 N–H and O–H groups in total. The van der Waals surface area contributed by atoms with Gasteiger partial charge in [-0.15, -0.1) is 10.2 Å². The molecule has 90 valence electrons. The second kappa shape index (κ2) is 4.48. The first-order valence-corrected chi connectivity index (χ1v) is 5.42. The molecule has 0 aliphatic rings. The molecule has 0 bridgehead atoms. The van der Waals surface area contributed by atoms with Crippen molar-refractivity contribution in [3.8, 4) is 0 Å². The summed E-state index contributed by atoms with van der Waals surface area (Å²) < 4.78 is 1.90. The molecule has 0 saturated heterocycles. The van der Waals surface area contributed by atoms with Crippen molar-refractivity contribution < 1.29 is 0 Å². The Morgan fingerprint density at radius 1 is 1.35 bits per heavy atom. The molecule has 0 aromatic carbocycles. The SMILES string of the molecule is Cc1cnc(C)c(N(C)Cc2nncn2C)n1. The summed E-state index contributed by atoms with van der Waals surface area (Å²) in [5.74, 6) is 1.78. The highest BCUT2D eigenvalue weighted by atomic mass is 15.3. The molecule has 0 spiro atoms. The van der Waals surface area contributed by atoms with Crippen molar-refractivity contribution in [3.63, 3.8) is 0 Å². The monoisotopic (exact) mass is 232 g/mol. The van der Waals surface area contributed by atoms with Crippen molar-refractivity contribution in [1.82, 2.24) is 24.7 Å². The molecule has 0 aliphatic heterocycles. The van der Waals surface area contributed by atoms with Crippen molar-refractivity contribution >= 4 is 5.82 Å². The van der Waals surface area contributed by atoms with E-state index in [4.69, 9.17) is 0 Å². The Balaban J connectivity index is 2.23. The van der Waals surface area contributed by atoms with Crippen LogP contribution in [0.2, 0.25) is 0 Å². The first kappa shape index (κ1) is 11.5. The van der Waals surface area contributed by atoms with Gasteiger partial charge in [-0.05, 0) is 13.8 Å². The molecular formula is C11H16N6. The molecule has 2 aromatic heterocycles. The van der Waals surface area contributed by atoms with E-state index in [1.807, 2.05) is 37.4 Å². The third-order valence-corrected chi connectivity index (χ3v) is 2.60. The largest absolute Gasteiger partial charge is 0.351 e. The lowest BCUT2D eigenvalue weighted by Gasteiger charge is -2.19. The summed E-state index contributed by atoms with van der Waals surface area (Å²) in [5.41, 5.74) is 1.83. The normalized spacial score (nSPS) is 10.6. The number of aromatic nitrogens is 5. The van der Waals surface area contributed by atoms with Gasteiger partial charge in [0.1, 0.15) is 12.1 Å². The lowest BCUT2D eigenvalue weighted by atomic mass is 10.3. The van der Waals surface area contributed by atoms with Crippen LogP contribution in [0.3, 0.4) is 0 Å². The lowest BCUT2D eigenvalue weighted by molar-refractivity contribution is 0.748. The average molecular weight is 232 g/mol. The quantitative estimate of drug-likeness (QED) is 0.785. The number of aryl methyl sites for hydroxylation is 3. The lowest BCUT2D eigenvalue weighted by Crippen LogP contribution is -2.21. The zero-order valence-corrected chi connectivity index (χ0v) is 10.5. The highest BCUT2D eigenvalue weighted by Gasteiger charge is 2.11. The number of rotatable bonds is 3. The van der Waals surface area contributed by atoms with Gasteiger partial charge in [0.2, 0.25) is 0 Å². The minimum Gasteiger partial charge on any atom is -0.351 e. The molecule has 0 amide bonds. The van der Waals surface area contributed by atoms with Crippen molar-refractivity contribution in [2.45, 2.75) is 20.4 Å². The van der Waals surface area contributed by atoms with Crippen LogP contribution in [0.25, 0.3) is 0 Å². The molecule has 6 heteroatoms. The highest BCUT2D eigenvalue weighted by Crippen LogP contribution is 2.15. The standard InChI is InChI=1S/C11H16N6/c1-8-5-12-9(2)11(14-8)16(3)6-10-15-13-7-17(10)4/h5,7H,6H2,1-4H3. The van der Waals surface area contributed by atoms with Crippen LogP contribution in [0.4, 0.5) is 5.82 Å². The van der Waals surface area contributed by atoms with Crippen LogP contribution in [0.15, 0.2) is 12.5 Å². The predicted molar refractivity (Wildman–Crippen MR) is 64.6 cm³/mol. The first-order valence-electron chi connectivity index (χ1n) is 5.42. The molecule has 0 saturated carbocycles. The molecule has 0 unspecified atom stereocenters. The van der Waals surface area contributed by atoms with Gasteiger partial charge in [0.15, 0.2) is 5.82 Å². The van der Waals surface area contributed by atoms with E-state index >= 15 is 0 Å². The van der Waals surface area contributed by atoms with Crippen LogP contribution in [0.5, 0.6) is 0 Å². The third kappa shape index (κ3) is 2.41. The van der Waals surface area contributed by atoms with Crippen LogP contribution in [0, 0.1) is 13.8 Å². The fourth-order valence-electron chi connectivity index (χ4n) is 1.62. The van der Waals surface area contributed by atoms with Crippen molar-refractivity contribution in [2.75, 3.05) is 11.9 Å². The van der Waals surface area contributed by atoms with E-state index in [0.29, 0.717) is 6.54 Å². The second-order valence-electron chi connectivity index (χ2n) is 4.13. The smallest absolute Gasteiger partial charge is 0.152 e. The summed E-state index contributed by atoms with van der Waals surface area (Å²) >= 11 is 0. The maximum atomic E-state index is 4.49. The van der Waals surface area contributed by atoms with Crippen LogP contribution < -0.4 is 4.90 Å². The Labute approximate surface area is 100 Å². The third-order valence-electron chi connectivity index (χ3n) is 2.60. The number of hydrogen-bond acceptors (Lipinski definition) is 5. The van der Waals surface area contributed by atoms with Crippen LogP contribution >= 0.6 is 0 Å². The van der Waals surface area contributed by atoms with Crippen molar-refractivity contribution in [1.29, 1.82) is 0 Å². The second-order valence-corrected chi connectivity index (χ2v) is 4.13. The first-order chi connectivity index (χ1) is 8.08. The van der Waals surface area contributed by atoms with E-state index in [0.717, 1.165) is 23.0 Å². The number of hydrogen-bond donors (Lipinski definition) is 0. The van der Waals surface area contributed by atoms with Gasteiger partial charge >= 0.3 is 0 Å². The molecule has 0 aliphatic carbocycles. The fourth-order valence-corrected chi connectivity index (χ4v) is 1.62. The molecule has 0 fully saturated rings. The summed E-state index contributed by atoms with van der Waals surface area (Å²) in [6.07, 6.45) is 3.47. The molecule has 0 atom stereocenters. The van der Waals surface area contributed by atoms with E-state index in [1.54, 1.807) is 12.5 Å². The van der Waals surface area contributed by atoms with E-state index in [-0.39, 0.29) is 0 Å². The molecule has 17 heavy (non-hydrogen) atoms.